The van der Waals surface area contributed by atoms with Crippen molar-refractivity contribution >= 4 is 17.2 Å². The number of rotatable bonds is 3. The van der Waals surface area contributed by atoms with Crippen LogP contribution in [0.2, 0.25) is 0 Å². The Hall–Kier alpha value is -0.970. The van der Waals surface area contributed by atoms with E-state index in [-0.39, 0.29) is 0 Å². The molecule has 1 aromatic heterocycles. The van der Waals surface area contributed by atoms with Crippen molar-refractivity contribution in [3.8, 4) is 0 Å². The van der Waals surface area contributed by atoms with Crippen molar-refractivity contribution in [3.05, 3.63) is 11.9 Å². The zero-order valence-corrected chi connectivity index (χ0v) is 7.11. The molecule has 0 saturated heterocycles. The third-order valence-electron chi connectivity index (χ3n) is 1.18. The monoisotopic (exact) mass is 170 g/mol. The molecule has 0 saturated carbocycles. The summed E-state index contributed by atoms with van der Waals surface area (Å²) in [6, 6.07) is 0. The summed E-state index contributed by atoms with van der Waals surface area (Å²) in [6.07, 6.45) is 2.66. The maximum absolute atomic E-state index is 5.01. The zero-order chi connectivity index (χ0) is 8.10. The summed E-state index contributed by atoms with van der Waals surface area (Å²) in [5.74, 6) is 0. The van der Waals surface area contributed by atoms with Crippen molar-refractivity contribution < 1.29 is 0 Å². The summed E-state index contributed by atoms with van der Waals surface area (Å²) in [7, 11) is 0. The van der Waals surface area contributed by atoms with Gasteiger partial charge in [0.05, 0.1) is 6.20 Å². The fourth-order valence-electron chi connectivity index (χ4n) is 0.640. The second kappa shape index (κ2) is 4.02. The van der Waals surface area contributed by atoms with E-state index in [9.17, 15) is 0 Å². The summed E-state index contributed by atoms with van der Waals surface area (Å²) in [4.78, 5) is 0.653. The lowest BCUT2D eigenvalue weighted by atomic mass is 10.4. The van der Waals surface area contributed by atoms with Crippen LogP contribution in [-0.2, 0) is 0 Å². The van der Waals surface area contributed by atoms with Crippen LogP contribution in [-0.4, -0.2) is 26.9 Å². The average molecular weight is 170 g/mol. The van der Waals surface area contributed by atoms with Crippen molar-refractivity contribution in [2.75, 3.05) is 6.54 Å². The highest BCUT2D eigenvalue weighted by Crippen LogP contribution is 1.89. The number of aromatic amines is 1. The van der Waals surface area contributed by atoms with E-state index in [2.05, 4.69) is 27.7 Å². The van der Waals surface area contributed by atoms with E-state index in [0.29, 0.717) is 10.7 Å². The Morgan fingerprint density at radius 3 is 3.18 bits per heavy atom. The van der Waals surface area contributed by atoms with Crippen LogP contribution >= 0.6 is 12.2 Å². The van der Waals surface area contributed by atoms with Crippen LogP contribution in [0.3, 0.4) is 0 Å². The lowest BCUT2D eigenvalue weighted by Crippen LogP contribution is -2.23. The molecule has 0 spiro atoms. The highest BCUT2D eigenvalue weighted by Gasteiger charge is 2.00. The van der Waals surface area contributed by atoms with Gasteiger partial charge in [-0.05, 0) is 6.42 Å². The number of aromatic nitrogens is 3. The molecule has 4 nitrogen and oxygen atoms in total. The molecule has 0 aliphatic rings. The number of nitrogens with zero attached hydrogens (tertiary/aromatic N) is 2. The van der Waals surface area contributed by atoms with Crippen LogP contribution in [0, 0.1) is 0 Å². The van der Waals surface area contributed by atoms with E-state index >= 15 is 0 Å². The van der Waals surface area contributed by atoms with Crippen LogP contribution in [0.4, 0.5) is 0 Å². The summed E-state index contributed by atoms with van der Waals surface area (Å²) >= 11 is 5.01. The van der Waals surface area contributed by atoms with Crippen LogP contribution in [0.5, 0.6) is 0 Å². The number of thiocarbonyl (C=S) groups is 1. The van der Waals surface area contributed by atoms with Gasteiger partial charge in [-0.3, -0.25) is 0 Å². The molecule has 0 atom stereocenters. The quantitative estimate of drug-likeness (QED) is 0.648. The van der Waals surface area contributed by atoms with Crippen LogP contribution in [0.1, 0.15) is 19.0 Å². The molecular formula is C6H10N4S. The van der Waals surface area contributed by atoms with E-state index in [1.807, 2.05) is 0 Å². The molecule has 60 valence electrons. The molecule has 0 aromatic carbocycles. The third kappa shape index (κ3) is 2.27. The molecule has 1 aromatic rings. The molecule has 0 bridgehead atoms. The van der Waals surface area contributed by atoms with Crippen LogP contribution < -0.4 is 5.32 Å². The number of hydrogen-bond donors (Lipinski definition) is 2. The minimum absolute atomic E-state index is 0.653. The van der Waals surface area contributed by atoms with Crippen LogP contribution in [0.15, 0.2) is 6.20 Å². The Morgan fingerprint density at radius 2 is 2.64 bits per heavy atom. The molecule has 0 radical (unpaired) electrons. The SMILES string of the molecule is CCCNC(=S)c1cn[nH]n1. The highest BCUT2D eigenvalue weighted by atomic mass is 32.1. The maximum atomic E-state index is 5.01. The minimum atomic E-state index is 0.653. The molecule has 0 unspecified atom stereocenters. The van der Waals surface area contributed by atoms with Crippen molar-refractivity contribution in [2.45, 2.75) is 13.3 Å². The molecule has 11 heavy (non-hydrogen) atoms. The molecule has 1 rings (SSSR count). The molecule has 0 fully saturated rings. The van der Waals surface area contributed by atoms with E-state index < -0.39 is 0 Å². The molecule has 0 aliphatic carbocycles. The zero-order valence-electron chi connectivity index (χ0n) is 6.29. The first-order valence-electron chi connectivity index (χ1n) is 3.48. The van der Waals surface area contributed by atoms with Gasteiger partial charge in [-0.1, -0.05) is 19.1 Å². The van der Waals surface area contributed by atoms with Gasteiger partial charge < -0.3 is 5.32 Å². The minimum Gasteiger partial charge on any atom is -0.374 e. The Kier molecular flexibility index (Phi) is 2.97. The fraction of sp³-hybridized carbons (Fsp3) is 0.500. The van der Waals surface area contributed by atoms with Gasteiger partial charge in [0.2, 0.25) is 0 Å². The molecular weight excluding hydrogens is 160 g/mol. The standard InChI is InChI=1S/C6H10N4S/c1-2-3-7-6(11)5-4-8-10-9-5/h4H,2-3H2,1H3,(H,7,11)(H,8,9,10). The predicted molar refractivity (Wildman–Crippen MR) is 46.4 cm³/mol. The number of H-pyrrole nitrogens is 1. The van der Waals surface area contributed by atoms with E-state index in [0.717, 1.165) is 13.0 Å². The Bertz CT molecular complexity index is 218. The first-order valence-corrected chi connectivity index (χ1v) is 3.89. The van der Waals surface area contributed by atoms with Crippen molar-refractivity contribution in [3.63, 3.8) is 0 Å². The Labute approximate surface area is 70.4 Å². The lowest BCUT2D eigenvalue weighted by Gasteiger charge is -2.00. The topological polar surface area (TPSA) is 53.6 Å². The Balaban J connectivity index is 2.43. The van der Waals surface area contributed by atoms with E-state index in [1.165, 1.54) is 0 Å². The van der Waals surface area contributed by atoms with Gasteiger partial charge in [0, 0.05) is 6.54 Å². The maximum Gasteiger partial charge on any atom is 0.139 e. The highest BCUT2D eigenvalue weighted by molar-refractivity contribution is 7.80. The third-order valence-corrected chi connectivity index (χ3v) is 1.54. The van der Waals surface area contributed by atoms with Gasteiger partial charge in [-0.15, -0.1) is 0 Å². The second-order valence-corrected chi connectivity index (χ2v) is 2.52. The van der Waals surface area contributed by atoms with Gasteiger partial charge in [-0.25, -0.2) is 0 Å². The van der Waals surface area contributed by atoms with Crippen molar-refractivity contribution in [1.29, 1.82) is 0 Å². The molecule has 0 aliphatic heterocycles. The van der Waals surface area contributed by atoms with Gasteiger partial charge in [-0.2, -0.15) is 15.4 Å². The molecule has 1 heterocycles. The lowest BCUT2D eigenvalue weighted by molar-refractivity contribution is 0.844. The van der Waals surface area contributed by atoms with Gasteiger partial charge in [0.25, 0.3) is 0 Å². The summed E-state index contributed by atoms with van der Waals surface area (Å²) in [5, 5.41) is 13.0. The average Bonchev–Trinajstić information content (AvgIpc) is 2.52. The summed E-state index contributed by atoms with van der Waals surface area (Å²) < 4.78 is 0. The number of nitrogens with one attached hydrogen (secondary N) is 2. The normalized spacial score (nSPS) is 9.55. The van der Waals surface area contributed by atoms with Crippen LogP contribution in [0.25, 0.3) is 0 Å². The fourth-order valence-corrected chi connectivity index (χ4v) is 0.841. The largest absolute Gasteiger partial charge is 0.374 e. The van der Waals surface area contributed by atoms with E-state index in [1.54, 1.807) is 6.20 Å². The first kappa shape index (κ1) is 8.13. The van der Waals surface area contributed by atoms with Crippen molar-refractivity contribution in [2.24, 2.45) is 0 Å². The van der Waals surface area contributed by atoms with Gasteiger partial charge in [0.1, 0.15) is 10.7 Å². The Morgan fingerprint density at radius 1 is 1.82 bits per heavy atom. The summed E-state index contributed by atoms with van der Waals surface area (Å²) in [5.41, 5.74) is 0.702. The predicted octanol–water partition coefficient (Wildman–Crippen LogP) is 0.480. The smallest absolute Gasteiger partial charge is 0.139 e. The second-order valence-electron chi connectivity index (χ2n) is 2.11. The van der Waals surface area contributed by atoms with Gasteiger partial charge in [0.15, 0.2) is 0 Å². The number of hydrogen-bond acceptors (Lipinski definition) is 3. The molecule has 2 N–H and O–H groups in total. The molecule has 0 amide bonds. The van der Waals surface area contributed by atoms with Crippen molar-refractivity contribution in [1.82, 2.24) is 20.7 Å². The summed E-state index contributed by atoms with van der Waals surface area (Å²) in [6.45, 7) is 2.96. The van der Waals surface area contributed by atoms with E-state index in [4.69, 9.17) is 12.2 Å². The first-order chi connectivity index (χ1) is 5.34. The van der Waals surface area contributed by atoms with Gasteiger partial charge >= 0.3 is 0 Å². The molecule has 5 heteroatoms.